The highest BCUT2D eigenvalue weighted by atomic mass is 35.5. The van der Waals surface area contributed by atoms with Gasteiger partial charge in [-0.3, -0.25) is 0 Å². The van der Waals surface area contributed by atoms with E-state index in [1.165, 1.54) is 42.2 Å². The molecule has 0 bridgehead atoms. The van der Waals surface area contributed by atoms with Gasteiger partial charge in [-0.05, 0) is 99.4 Å². The molecular formula is C36H51ClN2. The van der Waals surface area contributed by atoms with Crippen LogP contribution in [-0.4, -0.2) is 12.2 Å². The lowest BCUT2D eigenvalue weighted by Gasteiger charge is -2.18. The SMILES string of the molecule is C=C/C=C\c1cc(C(=C/C)/C(Cl)=N\C(C)=C(\Cc2ccccc2)C2=CCCCC2)ccc1C.CC.CC.CN. The van der Waals surface area contributed by atoms with E-state index in [4.69, 9.17) is 16.6 Å². The van der Waals surface area contributed by atoms with E-state index in [1.54, 1.807) is 6.08 Å². The number of aryl methyl sites for hydroxylation is 1. The maximum atomic E-state index is 6.85. The van der Waals surface area contributed by atoms with Crippen molar-refractivity contribution in [3.05, 3.63) is 119 Å². The number of benzene rings is 2. The molecule has 2 N–H and O–H groups in total. The summed E-state index contributed by atoms with van der Waals surface area (Å²) in [6.07, 6.45) is 15.9. The normalized spacial score (nSPS) is 13.9. The van der Waals surface area contributed by atoms with Crippen LogP contribution in [0.15, 0.2) is 101 Å². The zero-order valence-electron chi connectivity index (χ0n) is 25.7. The molecule has 1 aliphatic carbocycles. The Morgan fingerprint density at radius 1 is 1.03 bits per heavy atom. The van der Waals surface area contributed by atoms with Gasteiger partial charge in [0.05, 0.1) is 0 Å². The first-order valence-electron chi connectivity index (χ1n) is 14.3. The van der Waals surface area contributed by atoms with E-state index in [2.05, 4.69) is 86.8 Å². The number of aliphatic imine (C=N–C) groups is 1. The maximum absolute atomic E-state index is 6.85. The van der Waals surface area contributed by atoms with Gasteiger partial charge in [0, 0.05) is 11.3 Å². The predicted molar refractivity (Wildman–Crippen MR) is 180 cm³/mol. The van der Waals surface area contributed by atoms with Crippen LogP contribution in [0.2, 0.25) is 0 Å². The second-order valence-corrected chi connectivity index (χ2v) is 8.83. The van der Waals surface area contributed by atoms with Gasteiger partial charge in [-0.2, -0.15) is 0 Å². The van der Waals surface area contributed by atoms with Gasteiger partial charge in [0.25, 0.3) is 0 Å². The summed E-state index contributed by atoms with van der Waals surface area (Å²) in [7, 11) is 1.50. The Hall–Kier alpha value is -2.94. The van der Waals surface area contributed by atoms with E-state index in [9.17, 15) is 0 Å². The minimum Gasteiger partial charge on any atom is -0.333 e. The molecule has 2 aromatic carbocycles. The Labute approximate surface area is 244 Å². The monoisotopic (exact) mass is 546 g/mol. The molecule has 3 heteroatoms. The van der Waals surface area contributed by atoms with Gasteiger partial charge >= 0.3 is 0 Å². The van der Waals surface area contributed by atoms with Crippen molar-refractivity contribution in [1.29, 1.82) is 0 Å². The minimum absolute atomic E-state index is 0.527. The first-order chi connectivity index (χ1) is 19.0. The second-order valence-electron chi connectivity index (χ2n) is 8.47. The fourth-order valence-electron chi connectivity index (χ4n) is 4.23. The number of hydrogen-bond donors (Lipinski definition) is 1. The number of halogens is 1. The molecular weight excluding hydrogens is 496 g/mol. The highest BCUT2D eigenvalue weighted by Crippen LogP contribution is 2.30. The summed E-state index contributed by atoms with van der Waals surface area (Å²) in [6, 6.07) is 17.0. The van der Waals surface area contributed by atoms with Crippen LogP contribution in [0.4, 0.5) is 0 Å². The summed E-state index contributed by atoms with van der Waals surface area (Å²) < 4.78 is 0. The van der Waals surface area contributed by atoms with Crippen molar-refractivity contribution in [2.75, 3.05) is 7.05 Å². The molecule has 0 fully saturated rings. The molecule has 0 aromatic heterocycles. The Balaban J connectivity index is 0.00000225. The molecule has 0 amide bonds. The lowest BCUT2D eigenvalue weighted by molar-refractivity contribution is 0.701. The van der Waals surface area contributed by atoms with Gasteiger partial charge in [-0.15, -0.1) is 0 Å². The Bertz CT molecular complexity index is 1130. The van der Waals surface area contributed by atoms with Crippen LogP contribution < -0.4 is 5.73 Å². The average molecular weight is 547 g/mol. The fourth-order valence-corrected chi connectivity index (χ4v) is 4.57. The predicted octanol–water partition coefficient (Wildman–Crippen LogP) is 10.9. The van der Waals surface area contributed by atoms with Crippen LogP contribution in [0.3, 0.4) is 0 Å². The van der Waals surface area contributed by atoms with E-state index < -0.39 is 0 Å². The van der Waals surface area contributed by atoms with E-state index in [-0.39, 0.29) is 0 Å². The highest BCUT2D eigenvalue weighted by Gasteiger charge is 2.15. The Morgan fingerprint density at radius 2 is 1.69 bits per heavy atom. The van der Waals surface area contributed by atoms with Gasteiger partial charge in [0.1, 0.15) is 5.17 Å². The maximum Gasteiger partial charge on any atom is 0.136 e. The standard InChI is InChI=1S/C31H34ClN.2C2H6.CH5N/c1-5-7-16-27-22-28(20-19-23(27)3)29(6-2)31(32)33-24(4)30(26-17-12-9-13-18-26)21-25-14-10-8-11-15-25;3*1-2/h5-8,10-11,14-17,19-20,22H,1,9,12-13,18,21H2,2-4H3;2*1-2H3;2H2,1H3/b16-7-,29-6-,30-24-,33-31+;;;. The third kappa shape index (κ3) is 12.2. The van der Waals surface area contributed by atoms with Gasteiger partial charge in [-0.25, -0.2) is 4.99 Å². The summed E-state index contributed by atoms with van der Waals surface area (Å²) in [4.78, 5) is 4.93. The number of hydrogen-bond acceptors (Lipinski definition) is 2. The first-order valence-corrected chi connectivity index (χ1v) is 14.7. The molecule has 0 heterocycles. The molecule has 0 spiro atoms. The molecule has 2 aromatic rings. The van der Waals surface area contributed by atoms with Gasteiger partial charge in [0.2, 0.25) is 0 Å². The number of rotatable bonds is 8. The molecule has 0 saturated heterocycles. The van der Waals surface area contributed by atoms with Crippen molar-refractivity contribution in [2.24, 2.45) is 10.7 Å². The van der Waals surface area contributed by atoms with Crippen LogP contribution in [0.1, 0.15) is 89.5 Å². The van der Waals surface area contributed by atoms with E-state index in [0.717, 1.165) is 41.7 Å². The summed E-state index contributed by atoms with van der Waals surface area (Å²) >= 11 is 6.85. The zero-order chi connectivity index (χ0) is 29.6. The topological polar surface area (TPSA) is 38.4 Å². The fraction of sp³-hybridized carbons (Fsp3) is 0.361. The largest absolute Gasteiger partial charge is 0.333 e. The smallest absolute Gasteiger partial charge is 0.136 e. The lowest BCUT2D eigenvalue weighted by Crippen LogP contribution is -2.03. The molecule has 1 aliphatic rings. The van der Waals surface area contributed by atoms with Gasteiger partial charge in [-0.1, -0.05) is 119 Å². The Kier molecular flexibility index (Phi) is 20.3. The summed E-state index contributed by atoms with van der Waals surface area (Å²) in [5.41, 5.74) is 13.9. The number of nitrogens with two attached hydrogens (primary N) is 1. The molecule has 212 valence electrons. The van der Waals surface area contributed by atoms with E-state index in [0.29, 0.717) is 5.17 Å². The van der Waals surface area contributed by atoms with Crippen molar-refractivity contribution in [3.63, 3.8) is 0 Å². The van der Waals surface area contributed by atoms with Gasteiger partial charge in [0.15, 0.2) is 0 Å². The van der Waals surface area contributed by atoms with Crippen LogP contribution >= 0.6 is 11.6 Å². The van der Waals surface area contributed by atoms with Crippen molar-refractivity contribution in [3.8, 4) is 0 Å². The van der Waals surface area contributed by atoms with E-state index >= 15 is 0 Å². The second kappa shape index (κ2) is 21.9. The third-order valence-corrected chi connectivity index (χ3v) is 6.41. The van der Waals surface area contributed by atoms with Crippen LogP contribution in [-0.2, 0) is 6.42 Å². The van der Waals surface area contributed by atoms with E-state index in [1.807, 2.05) is 46.8 Å². The van der Waals surface area contributed by atoms with Crippen LogP contribution in [0.5, 0.6) is 0 Å². The average Bonchev–Trinajstić information content (AvgIpc) is 3.00. The molecule has 39 heavy (non-hydrogen) atoms. The molecule has 0 aliphatic heterocycles. The molecule has 2 nitrogen and oxygen atoms in total. The summed E-state index contributed by atoms with van der Waals surface area (Å²) in [5, 5.41) is 0.527. The first kappa shape index (κ1) is 36.1. The van der Waals surface area contributed by atoms with Crippen molar-refractivity contribution in [1.82, 2.24) is 0 Å². The minimum atomic E-state index is 0.527. The molecule has 3 rings (SSSR count). The molecule has 0 radical (unpaired) electrons. The summed E-state index contributed by atoms with van der Waals surface area (Å²) in [5.74, 6) is 0. The summed E-state index contributed by atoms with van der Waals surface area (Å²) in [6.45, 7) is 18.0. The van der Waals surface area contributed by atoms with Gasteiger partial charge < -0.3 is 5.73 Å². The lowest BCUT2D eigenvalue weighted by atomic mass is 9.89. The Morgan fingerprint density at radius 3 is 2.26 bits per heavy atom. The van der Waals surface area contributed by atoms with Crippen molar-refractivity contribution in [2.45, 2.75) is 80.6 Å². The molecule has 0 saturated carbocycles. The zero-order valence-corrected chi connectivity index (χ0v) is 26.4. The quantitative estimate of drug-likeness (QED) is 0.259. The van der Waals surface area contributed by atoms with Crippen molar-refractivity contribution >= 4 is 28.4 Å². The highest BCUT2D eigenvalue weighted by molar-refractivity contribution is 6.76. The van der Waals surface area contributed by atoms with Crippen LogP contribution in [0.25, 0.3) is 11.6 Å². The van der Waals surface area contributed by atoms with Crippen LogP contribution in [0, 0.1) is 6.92 Å². The third-order valence-electron chi connectivity index (χ3n) is 6.12. The molecule has 0 atom stereocenters. The number of nitrogens with zero attached hydrogens (tertiary/aromatic N) is 1. The molecule has 0 unspecified atom stereocenters. The number of allylic oxidation sites excluding steroid dienone is 8. The van der Waals surface area contributed by atoms with Crippen molar-refractivity contribution < 1.29 is 0 Å².